The summed E-state index contributed by atoms with van der Waals surface area (Å²) < 4.78 is 5.14. The summed E-state index contributed by atoms with van der Waals surface area (Å²) in [5.74, 6) is 0. The fraction of sp³-hybridized carbons (Fsp3) is 1.00. The van der Waals surface area contributed by atoms with Gasteiger partial charge in [0.25, 0.3) is 0 Å². The Hall–Kier alpha value is -0.120. The van der Waals surface area contributed by atoms with E-state index in [-0.39, 0.29) is 0 Å². The Morgan fingerprint density at radius 1 is 1.25 bits per heavy atom. The fourth-order valence-corrected chi connectivity index (χ4v) is 2.94. The summed E-state index contributed by atoms with van der Waals surface area (Å²) in [5.41, 5.74) is 6.34. The van der Waals surface area contributed by atoms with Gasteiger partial charge in [-0.25, -0.2) is 0 Å². The van der Waals surface area contributed by atoms with Gasteiger partial charge in [0, 0.05) is 32.3 Å². The number of rotatable bonds is 8. The molecule has 0 atom stereocenters. The van der Waals surface area contributed by atoms with Crippen LogP contribution in [0.5, 0.6) is 0 Å². The van der Waals surface area contributed by atoms with Crippen LogP contribution in [0.3, 0.4) is 0 Å². The van der Waals surface area contributed by atoms with Gasteiger partial charge < -0.3 is 10.5 Å². The second kappa shape index (κ2) is 7.25. The molecule has 0 saturated heterocycles. The Morgan fingerprint density at radius 2 is 1.94 bits per heavy atom. The van der Waals surface area contributed by atoms with Crippen molar-refractivity contribution in [2.75, 3.05) is 33.4 Å². The second-order valence-corrected chi connectivity index (χ2v) is 4.97. The molecule has 3 nitrogen and oxygen atoms in total. The van der Waals surface area contributed by atoms with E-state index in [2.05, 4.69) is 11.8 Å². The van der Waals surface area contributed by atoms with Crippen molar-refractivity contribution in [3.8, 4) is 0 Å². The van der Waals surface area contributed by atoms with E-state index in [1.165, 1.54) is 38.6 Å². The van der Waals surface area contributed by atoms with Crippen LogP contribution in [0.4, 0.5) is 0 Å². The zero-order chi connectivity index (χ0) is 11.9. The lowest BCUT2D eigenvalue weighted by atomic mass is 9.94. The highest BCUT2D eigenvalue weighted by atomic mass is 16.5. The molecule has 0 aliphatic heterocycles. The molecular weight excluding hydrogens is 200 g/mol. The van der Waals surface area contributed by atoms with Gasteiger partial charge in [-0.2, -0.15) is 0 Å². The lowest BCUT2D eigenvalue weighted by molar-refractivity contribution is 0.0839. The summed E-state index contributed by atoms with van der Waals surface area (Å²) in [7, 11) is 1.78. The van der Waals surface area contributed by atoms with Crippen LogP contribution >= 0.6 is 0 Å². The number of hydrogen-bond donors (Lipinski definition) is 1. The summed E-state index contributed by atoms with van der Waals surface area (Å²) in [5, 5.41) is 0. The normalized spacial score (nSPS) is 19.5. The highest BCUT2D eigenvalue weighted by Crippen LogP contribution is 2.34. The number of ether oxygens (including phenoxy) is 1. The molecule has 16 heavy (non-hydrogen) atoms. The smallest absolute Gasteiger partial charge is 0.0474 e. The number of hydrogen-bond acceptors (Lipinski definition) is 3. The third-order valence-corrected chi connectivity index (χ3v) is 3.86. The molecule has 0 aromatic carbocycles. The van der Waals surface area contributed by atoms with Gasteiger partial charge in [-0.1, -0.05) is 19.8 Å². The molecule has 1 aliphatic rings. The molecule has 1 fully saturated rings. The standard InChI is InChI=1S/C13H28N2O/c1-3-9-15(10-6-11-16-2)13(12-14)7-4-5-8-13/h3-12,14H2,1-2H3. The highest BCUT2D eigenvalue weighted by molar-refractivity contribution is 4.95. The van der Waals surface area contributed by atoms with E-state index in [0.717, 1.165) is 26.1 Å². The lowest BCUT2D eigenvalue weighted by Crippen LogP contribution is -2.52. The first-order chi connectivity index (χ1) is 7.79. The first-order valence-electron chi connectivity index (χ1n) is 6.73. The monoisotopic (exact) mass is 228 g/mol. The van der Waals surface area contributed by atoms with Gasteiger partial charge in [-0.3, -0.25) is 4.90 Å². The van der Waals surface area contributed by atoms with E-state index in [1.807, 2.05) is 0 Å². The van der Waals surface area contributed by atoms with Gasteiger partial charge in [0.15, 0.2) is 0 Å². The predicted octanol–water partition coefficient (Wildman–Crippen LogP) is 2.01. The maximum Gasteiger partial charge on any atom is 0.0474 e. The van der Waals surface area contributed by atoms with Gasteiger partial charge in [-0.05, 0) is 32.2 Å². The zero-order valence-electron chi connectivity index (χ0n) is 11.0. The van der Waals surface area contributed by atoms with E-state index >= 15 is 0 Å². The molecule has 0 unspecified atom stereocenters. The van der Waals surface area contributed by atoms with Gasteiger partial charge in [0.05, 0.1) is 0 Å². The summed E-state index contributed by atoms with van der Waals surface area (Å²) in [6, 6.07) is 0. The van der Waals surface area contributed by atoms with Gasteiger partial charge in [0.1, 0.15) is 0 Å². The van der Waals surface area contributed by atoms with Crippen molar-refractivity contribution in [1.82, 2.24) is 4.90 Å². The molecule has 0 aromatic rings. The van der Waals surface area contributed by atoms with Crippen LogP contribution in [0.2, 0.25) is 0 Å². The van der Waals surface area contributed by atoms with E-state index in [0.29, 0.717) is 5.54 Å². The Balaban J connectivity index is 2.51. The first-order valence-corrected chi connectivity index (χ1v) is 6.73. The van der Waals surface area contributed by atoms with E-state index in [4.69, 9.17) is 10.5 Å². The van der Waals surface area contributed by atoms with Gasteiger partial charge >= 0.3 is 0 Å². The van der Waals surface area contributed by atoms with Crippen LogP contribution in [0.25, 0.3) is 0 Å². The average molecular weight is 228 g/mol. The molecule has 0 radical (unpaired) electrons. The maximum absolute atomic E-state index is 6.03. The van der Waals surface area contributed by atoms with Crippen molar-refractivity contribution >= 4 is 0 Å². The Kier molecular flexibility index (Phi) is 6.32. The van der Waals surface area contributed by atoms with Gasteiger partial charge in [-0.15, -0.1) is 0 Å². The minimum atomic E-state index is 0.309. The molecule has 2 N–H and O–H groups in total. The lowest BCUT2D eigenvalue weighted by Gasteiger charge is -2.40. The minimum Gasteiger partial charge on any atom is -0.385 e. The molecule has 1 saturated carbocycles. The Labute approximate surface area is 100 Å². The van der Waals surface area contributed by atoms with Crippen molar-refractivity contribution in [2.24, 2.45) is 5.73 Å². The molecule has 3 heteroatoms. The van der Waals surface area contributed by atoms with Crippen LogP contribution in [0.15, 0.2) is 0 Å². The van der Waals surface area contributed by atoms with Crippen molar-refractivity contribution in [3.63, 3.8) is 0 Å². The molecule has 96 valence electrons. The van der Waals surface area contributed by atoms with E-state index in [9.17, 15) is 0 Å². The fourth-order valence-electron chi connectivity index (χ4n) is 2.94. The van der Waals surface area contributed by atoms with Crippen molar-refractivity contribution < 1.29 is 4.74 Å². The minimum absolute atomic E-state index is 0.309. The quantitative estimate of drug-likeness (QED) is 0.646. The number of nitrogens with two attached hydrogens (primary N) is 1. The highest BCUT2D eigenvalue weighted by Gasteiger charge is 2.37. The van der Waals surface area contributed by atoms with Crippen molar-refractivity contribution in [1.29, 1.82) is 0 Å². The Bertz CT molecular complexity index is 179. The van der Waals surface area contributed by atoms with E-state index < -0.39 is 0 Å². The van der Waals surface area contributed by atoms with Crippen molar-refractivity contribution in [2.45, 2.75) is 51.0 Å². The SMILES string of the molecule is CCCN(CCCOC)C1(CN)CCCC1. The Morgan fingerprint density at radius 3 is 2.44 bits per heavy atom. The topological polar surface area (TPSA) is 38.5 Å². The van der Waals surface area contributed by atoms with E-state index in [1.54, 1.807) is 7.11 Å². The molecule has 1 rings (SSSR count). The average Bonchev–Trinajstić information content (AvgIpc) is 2.78. The summed E-state index contributed by atoms with van der Waals surface area (Å²) in [6.07, 6.45) is 7.61. The van der Waals surface area contributed by atoms with Crippen LogP contribution in [-0.4, -0.2) is 43.8 Å². The molecule has 0 amide bonds. The second-order valence-electron chi connectivity index (χ2n) is 4.97. The molecule has 0 spiro atoms. The molecule has 0 aromatic heterocycles. The third-order valence-electron chi connectivity index (χ3n) is 3.86. The first kappa shape index (κ1) is 13.9. The van der Waals surface area contributed by atoms with Crippen LogP contribution in [0.1, 0.15) is 45.4 Å². The van der Waals surface area contributed by atoms with Crippen LogP contribution < -0.4 is 5.73 Å². The molecule has 0 bridgehead atoms. The van der Waals surface area contributed by atoms with Crippen molar-refractivity contribution in [3.05, 3.63) is 0 Å². The zero-order valence-corrected chi connectivity index (χ0v) is 11.0. The molecule has 1 aliphatic carbocycles. The number of nitrogens with zero attached hydrogens (tertiary/aromatic N) is 1. The molecular formula is C13H28N2O. The molecule has 0 heterocycles. The summed E-state index contributed by atoms with van der Waals surface area (Å²) in [6.45, 7) is 6.25. The number of methoxy groups -OCH3 is 1. The summed E-state index contributed by atoms with van der Waals surface area (Å²) >= 11 is 0. The largest absolute Gasteiger partial charge is 0.385 e. The maximum atomic E-state index is 6.03. The van der Waals surface area contributed by atoms with Crippen LogP contribution in [0, 0.1) is 0 Å². The summed E-state index contributed by atoms with van der Waals surface area (Å²) in [4.78, 5) is 2.62. The van der Waals surface area contributed by atoms with Gasteiger partial charge in [0.2, 0.25) is 0 Å². The predicted molar refractivity (Wildman–Crippen MR) is 68.6 cm³/mol. The third kappa shape index (κ3) is 3.44. The van der Waals surface area contributed by atoms with Crippen LogP contribution in [-0.2, 0) is 4.74 Å².